The van der Waals surface area contributed by atoms with Crippen LogP contribution in [0.25, 0.3) is 0 Å². The lowest BCUT2D eigenvalue weighted by Crippen LogP contribution is -2.24. The Hall–Kier alpha value is -3.76. The second-order valence-electron chi connectivity index (χ2n) is 8.35. The van der Waals surface area contributed by atoms with E-state index in [1.807, 2.05) is 19.9 Å². The van der Waals surface area contributed by atoms with Crippen LogP contribution in [0.1, 0.15) is 57.0 Å². The van der Waals surface area contributed by atoms with Gasteiger partial charge in [-0.3, -0.25) is 9.59 Å². The van der Waals surface area contributed by atoms with Crippen LogP contribution < -0.4 is 10.1 Å². The van der Waals surface area contributed by atoms with Gasteiger partial charge in [-0.1, -0.05) is 29.8 Å². The lowest BCUT2D eigenvalue weighted by molar-refractivity contribution is 0.102. The van der Waals surface area contributed by atoms with Crippen molar-refractivity contribution in [2.75, 3.05) is 5.32 Å². The molecule has 0 radical (unpaired) electrons. The summed E-state index contributed by atoms with van der Waals surface area (Å²) in [6.07, 6.45) is 3.38. The Kier molecular flexibility index (Phi) is 6.90. The van der Waals surface area contributed by atoms with Gasteiger partial charge in [0, 0.05) is 16.9 Å². The van der Waals surface area contributed by atoms with Crippen molar-refractivity contribution in [3.8, 4) is 11.8 Å². The fourth-order valence-corrected chi connectivity index (χ4v) is 5.20. The minimum absolute atomic E-state index is 0.0662. The zero-order chi connectivity index (χ0) is 24.2. The molecule has 172 valence electrons. The second-order valence-corrected chi connectivity index (χ2v) is 9.46. The number of nitrogens with zero attached hydrogens (tertiary/aromatic N) is 1. The molecule has 5 nitrogen and oxygen atoms in total. The summed E-state index contributed by atoms with van der Waals surface area (Å²) < 4.78 is 20.2. The first-order valence-electron chi connectivity index (χ1n) is 10.9. The van der Waals surface area contributed by atoms with Crippen molar-refractivity contribution < 1.29 is 18.7 Å². The van der Waals surface area contributed by atoms with Crippen LogP contribution in [0.2, 0.25) is 0 Å². The molecule has 2 aromatic carbocycles. The van der Waals surface area contributed by atoms with Gasteiger partial charge in [0.2, 0.25) is 0 Å². The predicted octanol–water partition coefficient (Wildman–Crippen LogP) is 6.10. The summed E-state index contributed by atoms with van der Waals surface area (Å²) in [5.74, 6) is -0.646. The number of fused-ring (bicyclic) bond motifs is 1. The molecule has 1 amide bonds. The second kappa shape index (κ2) is 10.0. The highest BCUT2D eigenvalue weighted by Gasteiger charge is 2.28. The molecule has 1 unspecified atom stereocenters. The fourth-order valence-electron chi connectivity index (χ4n) is 3.94. The summed E-state index contributed by atoms with van der Waals surface area (Å²) in [7, 11) is 0. The first-order valence-corrected chi connectivity index (χ1v) is 11.7. The van der Waals surface area contributed by atoms with Crippen LogP contribution in [0.4, 0.5) is 9.39 Å². The Balaban J connectivity index is 1.50. The Labute approximate surface area is 201 Å². The number of allylic oxidation sites excluding steroid dienone is 2. The molecular formula is C27H23FN2O3S. The number of rotatable bonds is 6. The molecule has 1 aromatic heterocycles. The molecule has 0 saturated carbocycles. The first-order chi connectivity index (χ1) is 16.4. The van der Waals surface area contributed by atoms with Crippen LogP contribution in [-0.2, 0) is 12.8 Å². The fraction of sp³-hybridized carbons (Fsp3) is 0.222. The highest BCUT2D eigenvalue weighted by atomic mass is 32.1. The SMILES string of the molecule is CC(C)=CC(=O)c1cccc(OC2CCc3c(sc(NC(=O)c4ccccc4F)c3C#N)C2)c1. The normalized spacial score (nSPS) is 14.5. The molecule has 0 bridgehead atoms. The van der Waals surface area contributed by atoms with Crippen molar-refractivity contribution in [1.82, 2.24) is 0 Å². The number of anilines is 1. The van der Waals surface area contributed by atoms with Gasteiger partial charge in [0.15, 0.2) is 5.78 Å². The molecular weight excluding hydrogens is 451 g/mol. The Bertz CT molecular complexity index is 1330. The topological polar surface area (TPSA) is 79.2 Å². The van der Waals surface area contributed by atoms with E-state index in [0.29, 0.717) is 41.1 Å². The van der Waals surface area contributed by atoms with Gasteiger partial charge in [-0.15, -0.1) is 11.3 Å². The number of hydrogen-bond donors (Lipinski definition) is 1. The number of hydrogen-bond acceptors (Lipinski definition) is 5. The number of ketones is 1. The molecule has 1 N–H and O–H groups in total. The lowest BCUT2D eigenvalue weighted by atomic mass is 9.93. The molecule has 0 spiro atoms. The van der Waals surface area contributed by atoms with Crippen LogP contribution in [0.3, 0.4) is 0 Å². The zero-order valence-corrected chi connectivity index (χ0v) is 19.7. The molecule has 0 saturated heterocycles. The van der Waals surface area contributed by atoms with Gasteiger partial charge in [-0.2, -0.15) is 5.26 Å². The van der Waals surface area contributed by atoms with Gasteiger partial charge in [-0.05, 0) is 62.6 Å². The van der Waals surface area contributed by atoms with E-state index in [1.54, 1.807) is 30.3 Å². The van der Waals surface area contributed by atoms with E-state index in [4.69, 9.17) is 4.74 Å². The average molecular weight is 475 g/mol. The predicted molar refractivity (Wildman–Crippen MR) is 130 cm³/mol. The molecule has 4 rings (SSSR count). The quantitative estimate of drug-likeness (QED) is 0.346. The summed E-state index contributed by atoms with van der Waals surface area (Å²) in [6.45, 7) is 3.75. The van der Waals surface area contributed by atoms with Crippen molar-refractivity contribution in [2.45, 2.75) is 39.2 Å². The minimum atomic E-state index is -0.612. The van der Waals surface area contributed by atoms with Crippen molar-refractivity contribution in [2.24, 2.45) is 0 Å². The summed E-state index contributed by atoms with van der Waals surface area (Å²) in [5.41, 5.74) is 2.76. The van der Waals surface area contributed by atoms with Gasteiger partial charge >= 0.3 is 0 Å². The molecule has 1 aliphatic carbocycles. The largest absolute Gasteiger partial charge is 0.490 e. The number of thiophene rings is 1. The summed E-state index contributed by atoms with van der Waals surface area (Å²) >= 11 is 1.33. The maximum absolute atomic E-state index is 14.0. The summed E-state index contributed by atoms with van der Waals surface area (Å²) in [5, 5.41) is 12.8. The third-order valence-corrected chi connectivity index (χ3v) is 6.69. The van der Waals surface area contributed by atoms with E-state index < -0.39 is 11.7 Å². The number of nitriles is 1. The molecule has 1 aliphatic rings. The standard InChI is InChI=1S/C27H23FN2O3S/c1-16(2)12-24(31)17-6-5-7-18(13-17)33-19-10-11-20-22(15-29)27(34-25(20)14-19)30-26(32)21-8-3-4-9-23(21)28/h3-9,12-13,19H,10-11,14H2,1-2H3,(H,30,32). The minimum Gasteiger partial charge on any atom is -0.490 e. The maximum atomic E-state index is 14.0. The monoisotopic (exact) mass is 474 g/mol. The third-order valence-electron chi connectivity index (χ3n) is 5.52. The van der Waals surface area contributed by atoms with E-state index in [-0.39, 0.29) is 17.5 Å². The number of carbonyl (C=O) groups is 2. The van der Waals surface area contributed by atoms with Crippen molar-refractivity contribution >= 4 is 28.0 Å². The van der Waals surface area contributed by atoms with Gasteiger partial charge in [0.1, 0.15) is 28.7 Å². The highest BCUT2D eigenvalue weighted by molar-refractivity contribution is 7.16. The highest BCUT2D eigenvalue weighted by Crippen LogP contribution is 2.39. The summed E-state index contributed by atoms with van der Waals surface area (Å²) in [6, 6.07) is 15.1. The van der Waals surface area contributed by atoms with Crippen molar-refractivity contribution in [3.05, 3.63) is 93.1 Å². The van der Waals surface area contributed by atoms with Crippen LogP contribution in [-0.4, -0.2) is 17.8 Å². The van der Waals surface area contributed by atoms with E-state index in [1.165, 1.54) is 29.5 Å². The molecule has 0 fully saturated rings. The van der Waals surface area contributed by atoms with Crippen molar-refractivity contribution in [3.63, 3.8) is 0 Å². The zero-order valence-electron chi connectivity index (χ0n) is 18.9. The third kappa shape index (κ3) is 5.08. The van der Waals surface area contributed by atoms with E-state index >= 15 is 0 Å². The Morgan fingerprint density at radius 3 is 2.74 bits per heavy atom. The molecule has 34 heavy (non-hydrogen) atoms. The number of carbonyl (C=O) groups excluding carboxylic acids is 2. The average Bonchev–Trinajstić information content (AvgIpc) is 3.15. The van der Waals surface area contributed by atoms with Crippen LogP contribution in [0.15, 0.2) is 60.2 Å². The van der Waals surface area contributed by atoms with Crippen LogP contribution in [0.5, 0.6) is 5.75 Å². The number of ether oxygens (including phenoxy) is 1. The Morgan fingerprint density at radius 2 is 2.00 bits per heavy atom. The van der Waals surface area contributed by atoms with Gasteiger partial charge in [-0.25, -0.2) is 4.39 Å². The van der Waals surface area contributed by atoms with Gasteiger partial charge in [0.05, 0.1) is 11.1 Å². The summed E-state index contributed by atoms with van der Waals surface area (Å²) in [4.78, 5) is 25.9. The van der Waals surface area contributed by atoms with E-state index in [0.717, 1.165) is 16.0 Å². The van der Waals surface area contributed by atoms with Crippen LogP contribution in [0, 0.1) is 17.1 Å². The number of nitrogens with one attached hydrogen (secondary N) is 1. The molecule has 1 heterocycles. The maximum Gasteiger partial charge on any atom is 0.259 e. The number of halogens is 1. The van der Waals surface area contributed by atoms with E-state index in [9.17, 15) is 19.2 Å². The lowest BCUT2D eigenvalue weighted by Gasteiger charge is -2.23. The van der Waals surface area contributed by atoms with Crippen LogP contribution >= 0.6 is 11.3 Å². The molecule has 0 aliphatic heterocycles. The van der Waals surface area contributed by atoms with Gasteiger partial charge < -0.3 is 10.1 Å². The first kappa shape index (κ1) is 23.4. The Morgan fingerprint density at radius 1 is 1.21 bits per heavy atom. The number of benzene rings is 2. The molecule has 3 aromatic rings. The van der Waals surface area contributed by atoms with E-state index in [2.05, 4.69) is 11.4 Å². The van der Waals surface area contributed by atoms with Gasteiger partial charge in [0.25, 0.3) is 5.91 Å². The van der Waals surface area contributed by atoms with Crippen molar-refractivity contribution in [1.29, 1.82) is 5.26 Å². The molecule has 1 atom stereocenters. The smallest absolute Gasteiger partial charge is 0.259 e. The number of amides is 1. The molecule has 7 heteroatoms.